The molecule has 0 saturated heterocycles. The van der Waals surface area contributed by atoms with Gasteiger partial charge in [0.1, 0.15) is 6.20 Å². The van der Waals surface area contributed by atoms with E-state index >= 15 is 0 Å². The van der Waals surface area contributed by atoms with E-state index in [2.05, 4.69) is 21.6 Å². The normalized spacial score (nSPS) is 10.0. The lowest BCUT2D eigenvalue weighted by Crippen LogP contribution is -1.99. The van der Waals surface area contributed by atoms with Crippen molar-refractivity contribution in [3.63, 3.8) is 0 Å². The molecule has 0 spiro atoms. The molecule has 2 rings (SSSR count). The van der Waals surface area contributed by atoms with E-state index in [4.69, 9.17) is 5.11 Å². The van der Waals surface area contributed by atoms with Crippen LogP contribution in [0.1, 0.15) is 10.4 Å². The minimum atomic E-state index is -1.00. The van der Waals surface area contributed by atoms with E-state index in [0.717, 1.165) is 11.5 Å². The van der Waals surface area contributed by atoms with Gasteiger partial charge in [0.2, 0.25) is 0 Å². The topological polar surface area (TPSA) is 63.1 Å². The first-order chi connectivity index (χ1) is 6.79. The molecule has 0 aliphatic heterocycles. The van der Waals surface area contributed by atoms with Gasteiger partial charge in [-0.25, -0.2) is 4.79 Å². The van der Waals surface area contributed by atoms with Gasteiger partial charge in [0.15, 0.2) is 0 Å². The fraction of sp³-hybridized carbons (Fsp3) is 0. The predicted octanol–water partition coefficient (Wildman–Crippen LogP) is 1.50. The average molecular weight is 204 g/mol. The number of carbonyl (C=O) groups is 1. The van der Waals surface area contributed by atoms with Crippen LogP contribution in [0.4, 0.5) is 0 Å². The number of rotatable bonds is 2. The summed E-state index contributed by atoms with van der Waals surface area (Å²) in [5, 5.41) is 8.88. The second kappa shape index (κ2) is 3.55. The minimum Gasteiger partial charge on any atom is -0.478 e. The van der Waals surface area contributed by atoms with E-state index in [1.807, 2.05) is 0 Å². The van der Waals surface area contributed by atoms with E-state index < -0.39 is 5.97 Å². The zero-order valence-electron chi connectivity index (χ0n) is 6.89. The summed E-state index contributed by atoms with van der Waals surface area (Å²) < 4.78 is 3.75. The van der Waals surface area contributed by atoms with Crippen molar-refractivity contribution >= 4 is 17.5 Å². The molecule has 0 amide bonds. The number of carboxylic acids is 1. The molecule has 68 valence electrons. The standard InChI is InChI=1S/C9H4N2O2S/c12-9(13)7-5-10-3-1-6(7)8-2-4-11-14-8/h1,3,5H,(H,12,13). The van der Waals surface area contributed by atoms with Gasteiger partial charge in [-0.05, 0) is 17.6 Å². The van der Waals surface area contributed by atoms with Crippen LogP contribution in [0.5, 0.6) is 0 Å². The molecule has 2 aromatic rings. The molecule has 0 atom stereocenters. The van der Waals surface area contributed by atoms with Gasteiger partial charge in [0.05, 0.1) is 10.4 Å². The van der Waals surface area contributed by atoms with Crippen LogP contribution < -0.4 is 0 Å². The molecule has 0 aromatic carbocycles. The molecule has 0 saturated carbocycles. The van der Waals surface area contributed by atoms with Crippen molar-refractivity contribution in [1.29, 1.82) is 0 Å². The molecule has 5 heteroatoms. The summed E-state index contributed by atoms with van der Waals surface area (Å²) in [6.07, 6.45) is 5.37. The van der Waals surface area contributed by atoms with Crippen molar-refractivity contribution in [2.75, 3.05) is 0 Å². The molecule has 0 bridgehead atoms. The maximum absolute atomic E-state index is 10.8. The molecular formula is C9H4N2O2S. The maximum Gasteiger partial charge on any atom is 0.337 e. The van der Waals surface area contributed by atoms with Crippen LogP contribution in [0.15, 0.2) is 18.5 Å². The summed E-state index contributed by atoms with van der Waals surface area (Å²) >= 11 is 1.16. The zero-order valence-corrected chi connectivity index (χ0v) is 7.71. The van der Waals surface area contributed by atoms with Gasteiger partial charge in [0.25, 0.3) is 0 Å². The van der Waals surface area contributed by atoms with Crippen LogP contribution in [-0.4, -0.2) is 20.4 Å². The van der Waals surface area contributed by atoms with Gasteiger partial charge in [-0.15, -0.1) is 0 Å². The Balaban J connectivity index is 2.58. The minimum absolute atomic E-state index is 0.154. The number of pyridine rings is 1. The lowest BCUT2D eigenvalue weighted by molar-refractivity contribution is 0.0697. The lowest BCUT2D eigenvalue weighted by Gasteiger charge is -2.00. The maximum atomic E-state index is 10.8. The highest BCUT2D eigenvalue weighted by Gasteiger charge is 2.12. The number of hydrogen-bond donors (Lipinski definition) is 1. The van der Waals surface area contributed by atoms with Crippen molar-refractivity contribution < 1.29 is 9.90 Å². The molecule has 0 aliphatic rings. The van der Waals surface area contributed by atoms with Crippen LogP contribution >= 0.6 is 11.5 Å². The van der Waals surface area contributed by atoms with Gasteiger partial charge in [-0.2, -0.15) is 4.37 Å². The zero-order chi connectivity index (χ0) is 9.97. The SMILES string of the molecule is O=C(O)c1cnccc1-c1[c][c]ns1. The summed E-state index contributed by atoms with van der Waals surface area (Å²) in [4.78, 5) is 15.3. The van der Waals surface area contributed by atoms with Crippen molar-refractivity contribution in [1.82, 2.24) is 9.36 Å². The summed E-state index contributed by atoms with van der Waals surface area (Å²) in [5.74, 6) is -1.00. The number of aromatic nitrogens is 2. The molecule has 14 heavy (non-hydrogen) atoms. The highest BCUT2D eigenvalue weighted by Crippen LogP contribution is 2.24. The van der Waals surface area contributed by atoms with Crippen LogP contribution in [0.3, 0.4) is 0 Å². The Morgan fingerprint density at radius 2 is 2.43 bits per heavy atom. The second-order valence-corrected chi connectivity index (χ2v) is 3.25. The van der Waals surface area contributed by atoms with E-state index in [1.165, 1.54) is 12.4 Å². The van der Waals surface area contributed by atoms with Gasteiger partial charge >= 0.3 is 5.97 Å². The van der Waals surface area contributed by atoms with Crippen molar-refractivity contribution in [2.24, 2.45) is 0 Å². The molecule has 0 aliphatic carbocycles. The highest BCUT2D eigenvalue weighted by atomic mass is 32.1. The fourth-order valence-electron chi connectivity index (χ4n) is 1.04. The lowest BCUT2D eigenvalue weighted by atomic mass is 10.1. The third-order valence-electron chi connectivity index (χ3n) is 1.65. The Bertz CT molecular complexity index is 454. The third-order valence-corrected chi connectivity index (χ3v) is 2.34. The second-order valence-electron chi connectivity index (χ2n) is 2.47. The third kappa shape index (κ3) is 1.49. The smallest absolute Gasteiger partial charge is 0.337 e. The summed E-state index contributed by atoms with van der Waals surface area (Å²) in [5.41, 5.74) is 0.729. The number of carboxylic acid groups (broad SMARTS) is 1. The summed E-state index contributed by atoms with van der Waals surface area (Å²) in [7, 11) is 0. The quantitative estimate of drug-likeness (QED) is 0.805. The van der Waals surface area contributed by atoms with Gasteiger partial charge in [-0.1, -0.05) is 0 Å². The van der Waals surface area contributed by atoms with E-state index in [0.29, 0.717) is 10.4 Å². The summed E-state index contributed by atoms with van der Waals surface area (Å²) in [6.45, 7) is 0. The molecule has 0 unspecified atom stereocenters. The van der Waals surface area contributed by atoms with E-state index in [-0.39, 0.29) is 5.56 Å². The number of hydrogen-bond acceptors (Lipinski definition) is 4. The Morgan fingerprint density at radius 3 is 3.07 bits per heavy atom. The molecule has 1 N–H and O–H groups in total. The van der Waals surface area contributed by atoms with Crippen LogP contribution in [-0.2, 0) is 0 Å². The molecule has 2 heterocycles. The van der Waals surface area contributed by atoms with Crippen molar-refractivity contribution in [2.45, 2.75) is 0 Å². The van der Waals surface area contributed by atoms with Crippen LogP contribution in [0.25, 0.3) is 10.4 Å². The van der Waals surface area contributed by atoms with E-state index in [1.54, 1.807) is 6.07 Å². The van der Waals surface area contributed by atoms with Crippen molar-refractivity contribution in [3.8, 4) is 10.4 Å². The summed E-state index contributed by atoms with van der Waals surface area (Å²) in [6, 6.07) is 4.37. The van der Waals surface area contributed by atoms with Gasteiger partial charge in [0, 0.05) is 24.0 Å². The number of nitrogens with zero attached hydrogens (tertiary/aromatic N) is 2. The molecule has 2 radical (unpaired) electrons. The molecule has 0 fully saturated rings. The first-order valence-electron chi connectivity index (χ1n) is 3.72. The monoisotopic (exact) mass is 204 g/mol. The first-order valence-corrected chi connectivity index (χ1v) is 4.49. The largest absolute Gasteiger partial charge is 0.478 e. The molecular weight excluding hydrogens is 200 g/mol. The average Bonchev–Trinajstić information content (AvgIpc) is 2.70. The first kappa shape index (κ1) is 8.83. The Kier molecular flexibility index (Phi) is 2.24. The molecule has 4 nitrogen and oxygen atoms in total. The van der Waals surface area contributed by atoms with Crippen molar-refractivity contribution in [3.05, 3.63) is 36.3 Å². The highest BCUT2D eigenvalue weighted by molar-refractivity contribution is 7.09. The van der Waals surface area contributed by atoms with Gasteiger partial charge < -0.3 is 5.11 Å². The molecule has 2 aromatic heterocycles. The van der Waals surface area contributed by atoms with Gasteiger partial charge in [-0.3, -0.25) is 4.98 Å². The Hall–Kier alpha value is -1.75. The fourth-order valence-corrected chi connectivity index (χ4v) is 1.59. The number of aromatic carboxylic acids is 1. The van der Waals surface area contributed by atoms with Crippen LogP contribution in [0, 0.1) is 12.3 Å². The Morgan fingerprint density at radius 1 is 1.57 bits per heavy atom. The van der Waals surface area contributed by atoms with Crippen LogP contribution in [0.2, 0.25) is 0 Å². The Labute approximate surface area is 84.0 Å². The predicted molar refractivity (Wildman–Crippen MR) is 50.0 cm³/mol. The van der Waals surface area contributed by atoms with E-state index in [9.17, 15) is 4.79 Å².